The number of alkyl halides is 3. The Morgan fingerprint density at radius 1 is 1.19 bits per heavy atom. The van der Waals surface area contributed by atoms with Gasteiger partial charge in [0.05, 0.1) is 11.9 Å². The molecule has 1 amide bonds. The first kappa shape index (κ1) is 15.3. The van der Waals surface area contributed by atoms with Gasteiger partial charge in [0.2, 0.25) is 0 Å². The Bertz CT molecular complexity index is 644. The van der Waals surface area contributed by atoms with Crippen LogP contribution in [0.2, 0.25) is 0 Å². The van der Waals surface area contributed by atoms with Gasteiger partial charge in [-0.05, 0) is 43.0 Å². The van der Waals surface area contributed by atoms with E-state index in [2.05, 4.69) is 15.3 Å². The molecule has 0 spiro atoms. The summed E-state index contributed by atoms with van der Waals surface area (Å²) in [7, 11) is 0. The third-order valence-corrected chi connectivity index (χ3v) is 3.07. The molecular weight excluding hydrogens is 303 g/mol. The SMILES string of the molecule is Cc1cncc(C(=O)Nc2ccc(SC(F)(F)F)cc2)n1. The number of aryl methyl sites for hydroxylation is 1. The molecule has 1 N–H and O–H groups in total. The first-order valence-electron chi connectivity index (χ1n) is 5.79. The number of hydrogen-bond donors (Lipinski definition) is 1. The lowest BCUT2D eigenvalue weighted by molar-refractivity contribution is -0.0328. The van der Waals surface area contributed by atoms with E-state index in [1.54, 1.807) is 6.92 Å². The van der Waals surface area contributed by atoms with Crippen LogP contribution in [0.5, 0.6) is 0 Å². The average molecular weight is 313 g/mol. The largest absolute Gasteiger partial charge is 0.446 e. The molecule has 1 aromatic heterocycles. The maximum atomic E-state index is 12.2. The minimum Gasteiger partial charge on any atom is -0.321 e. The number of halogens is 3. The average Bonchev–Trinajstić information content (AvgIpc) is 2.39. The number of carbonyl (C=O) groups is 1. The molecule has 0 unspecified atom stereocenters. The molecule has 0 saturated heterocycles. The zero-order valence-electron chi connectivity index (χ0n) is 10.8. The van der Waals surface area contributed by atoms with Crippen LogP contribution in [0, 0.1) is 6.92 Å². The Balaban J connectivity index is 2.05. The molecule has 0 radical (unpaired) electrons. The molecule has 1 heterocycles. The molecule has 8 heteroatoms. The zero-order valence-corrected chi connectivity index (χ0v) is 11.6. The van der Waals surface area contributed by atoms with E-state index >= 15 is 0 Å². The van der Waals surface area contributed by atoms with E-state index in [9.17, 15) is 18.0 Å². The van der Waals surface area contributed by atoms with Crippen molar-refractivity contribution in [2.45, 2.75) is 17.3 Å². The van der Waals surface area contributed by atoms with Gasteiger partial charge in [0.25, 0.3) is 5.91 Å². The van der Waals surface area contributed by atoms with Crippen LogP contribution in [0.15, 0.2) is 41.6 Å². The minimum atomic E-state index is -4.33. The lowest BCUT2D eigenvalue weighted by atomic mass is 10.3. The van der Waals surface area contributed by atoms with Gasteiger partial charge in [-0.2, -0.15) is 13.2 Å². The topological polar surface area (TPSA) is 54.9 Å². The quantitative estimate of drug-likeness (QED) is 0.879. The predicted molar refractivity (Wildman–Crippen MR) is 73.1 cm³/mol. The van der Waals surface area contributed by atoms with Crippen LogP contribution in [-0.2, 0) is 0 Å². The van der Waals surface area contributed by atoms with Crippen LogP contribution in [0.1, 0.15) is 16.2 Å². The molecule has 0 atom stereocenters. The van der Waals surface area contributed by atoms with Gasteiger partial charge in [0, 0.05) is 16.8 Å². The van der Waals surface area contributed by atoms with E-state index in [1.165, 1.54) is 36.7 Å². The van der Waals surface area contributed by atoms with E-state index in [0.717, 1.165) is 0 Å². The Labute approximate surface area is 122 Å². The Morgan fingerprint density at radius 3 is 2.43 bits per heavy atom. The van der Waals surface area contributed by atoms with Crippen molar-refractivity contribution >= 4 is 23.4 Å². The lowest BCUT2D eigenvalue weighted by Crippen LogP contribution is -2.14. The number of carbonyl (C=O) groups excluding carboxylic acids is 1. The van der Waals surface area contributed by atoms with Gasteiger partial charge in [-0.3, -0.25) is 9.78 Å². The smallest absolute Gasteiger partial charge is 0.321 e. The number of benzene rings is 1. The molecule has 0 aliphatic heterocycles. The third-order valence-electron chi connectivity index (χ3n) is 2.33. The number of nitrogens with one attached hydrogen (secondary N) is 1. The monoisotopic (exact) mass is 313 g/mol. The van der Waals surface area contributed by atoms with Crippen LogP contribution < -0.4 is 5.32 Å². The van der Waals surface area contributed by atoms with Crippen LogP contribution in [0.4, 0.5) is 18.9 Å². The van der Waals surface area contributed by atoms with E-state index in [4.69, 9.17) is 0 Å². The zero-order chi connectivity index (χ0) is 15.5. The summed E-state index contributed by atoms with van der Waals surface area (Å²) in [6.45, 7) is 1.70. The Morgan fingerprint density at radius 2 is 1.86 bits per heavy atom. The van der Waals surface area contributed by atoms with E-state index in [0.29, 0.717) is 11.4 Å². The Kier molecular flexibility index (Phi) is 4.46. The number of anilines is 1. The van der Waals surface area contributed by atoms with Crippen molar-refractivity contribution in [3.63, 3.8) is 0 Å². The third kappa shape index (κ3) is 4.75. The maximum absolute atomic E-state index is 12.2. The summed E-state index contributed by atoms with van der Waals surface area (Å²) < 4.78 is 36.6. The normalized spacial score (nSPS) is 11.2. The van der Waals surface area contributed by atoms with Crippen molar-refractivity contribution in [2.24, 2.45) is 0 Å². The predicted octanol–water partition coefficient (Wildman–Crippen LogP) is 3.65. The van der Waals surface area contributed by atoms with Crippen molar-refractivity contribution < 1.29 is 18.0 Å². The van der Waals surface area contributed by atoms with Gasteiger partial charge in [-0.1, -0.05) is 0 Å². The van der Waals surface area contributed by atoms with Crippen LogP contribution >= 0.6 is 11.8 Å². The standard InChI is InChI=1S/C13H10F3N3OS/c1-8-6-17-7-11(18-8)12(20)19-9-2-4-10(5-3-9)21-13(14,15)16/h2-7H,1H3,(H,19,20). The van der Waals surface area contributed by atoms with Crippen molar-refractivity contribution in [3.05, 3.63) is 48.0 Å². The number of nitrogens with zero attached hydrogens (tertiary/aromatic N) is 2. The molecule has 2 aromatic rings. The molecule has 0 aliphatic rings. The van der Waals surface area contributed by atoms with Crippen LogP contribution in [0.3, 0.4) is 0 Å². The summed E-state index contributed by atoms with van der Waals surface area (Å²) in [5, 5.41) is 2.54. The van der Waals surface area contributed by atoms with Crippen molar-refractivity contribution in [3.8, 4) is 0 Å². The highest BCUT2D eigenvalue weighted by atomic mass is 32.2. The number of thioether (sulfide) groups is 1. The summed E-state index contributed by atoms with van der Waals surface area (Å²) in [4.78, 5) is 19.8. The molecular formula is C13H10F3N3OS. The summed E-state index contributed by atoms with van der Waals surface area (Å²) in [6, 6.07) is 5.37. The molecule has 4 nitrogen and oxygen atoms in total. The number of rotatable bonds is 3. The van der Waals surface area contributed by atoms with Crippen molar-refractivity contribution in [1.82, 2.24) is 9.97 Å². The molecule has 0 fully saturated rings. The second-order valence-electron chi connectivity index (χ2n) is 4.07. The van der Waals surface area contributed by atoms with Crippen LogP contribution in [0.25, 0.3) is 0 Å². The van der Waals surface area contributed by atoms with E-state index < -0.39 is 11.4 Å². The highest BCUT2D eigenvalue weighted by Crippen LogP contribution is 2.37. The summed E-state index contributed by atoms with van der Waals surface area (Å²) >= 11 is -0.208. The molecule has 0 bridgehead atoms. The summed E-state index contributed by atoms with van der Waals surface area (Å²) in [5.41, 5.74) is -3.21. The highest BCUT2D eigenvalue weighted by molar-refractivity contribution is 8.00. The number of hydrogen-bond acceptors (Lipinski definition) is 4. The molecule has 0 saturated carbocycles. The first-order valence-corrected chi connectivity index (χ1v) is 6.61. The van der Waals surface area contributed by atoms with Crippen LogP contribution in [-0.4, -0.2) is 21.4 Å². The fourth-order valence-electron chi connectivity index (χ4n) is 1.51. The van der Waals surface area contributed by atoms with Crippen molar-refractivity contribution in [1.29, 1.82) is 0 Å². The number of amides is 1. The van der Waals surface area contributed by atoms with Gasteiger partial charge < -0.3 is 5.32 Å². The lowest BCUT2D eigenvalue weighted by Gasteiger charge is -2.07. The fourth-order valence-corrected chi connectivity index (χ4v) is 2.05. The summed E-state index contributed by atoms with van der Waals surface area (Å²) in [5.74, 6) is -0.470. The molecule has 110 valence electrons. The Hall–Kier alpha value is -2.09. The van der Waals surface area contributed by atoms with Gasteiger partial charge in [-0.25, -0.2) is 4.98 Å². The minimum absolute atomic E-state index is 0.0517. The second kappa shape index (κ2) is 6.13. The second-order valence-corrected chi connectivity index (χ2v) is 5.21. The molecule has 21 heavy (non-hydrogen) atoms. The first-order chi connectivity index (χ1) is 9.83. The molecule has 1 aromatic carbocycles. The van der Waals surface area contributed by atoms with Gasteiger partial charge in [0.1, 0.15) is 5.69 Å². The fraction of sp³-hybridized carbons (Fsp3) is 0.154. The molecule has 0 aliphatic carbocycles. The van der Waals surface area contributed by atoms with E-state index in [-0.39, 0.29) is 22.4 Å². The summed E-state index contributed by atoms with van der Waals surface area (Å²) in [6.07, 6.45) is 2.83. The molecule has 2 rings (SSSR count). The van der Waals surface area contributed by atoms with Gasteiger partial charge in [0.15, 0.2) is 0 Å². The maximum Gasteiger partial charge on any atom is 0.446 e. The number of aromatic nitrogens is 2. The van der Waals surface area contributed by atoms with Gasteiger partial charge >= 0.3 is 5.51 Å². The van der Waals surface area contributed by atoms with Gasteiger partial charge in [-0.15, -0.1) is 0 Å². The van der Waals surface area contributed by atoms with E-state index in [1.807, 2.05) is 0 Å². The van der Waals surface area contributed by atoms with Crippen molar-refractivity contribution in [2.75, 3.05) is 5.32 Å². The highest BCUT2D eigenvalue weighted by Gasteiger charge is 2.29.